The van der Waals surface area contributed by atoms with E-state index in [9.17, 15) is 0 Å². The summed E-state index contributed by atoms with van der Waals surface area (Å²) in [4.78, 5) is 14.2. The summed E-state index contributed by atoms with van der Waals surface area (Å²) >= 11 is 0. The van der Waals surface area contributed by atoms with E-state index in [1.165, 1.54) is 154 Å². The average molecular weight is 478 g/mol. The molecule has 0 saturated heterocycles. The third-order valence-electron chi connectivity index (χ3n) is 5.91. The van der Waals surface area contributed by atoms with Crippen molar-refractivity contribution in [3.8, 4) is 0 Å². The first-order chi connectivity index (χ1) is 15.6. The second kappa shape index (κ2) is 38.3. The summed E-state index contributed by atoms with van der Waals surface area (Å²) < 4.78 is 8.70. The molecule has 0 aromatic heterocycles. The molecule has 0 heterocycles. The summed E-state index contributed by atoms with van der Waals surface area (Å²) in [7, 11) is -2.87. The van der Waals surface area contributed by atoms with E-state index in [-0.39, 0.29) is 0 Å². The maximum atomic E-state index is 8.70. The monoisotopic (exact) mass is 477 g/mol. The van der Waals surface area contributed by atoms with Crippen molar-refractivity contribution >= 4 is 8.25 Å². The van der Waals surface area contributed by atoms with Crippen molar-refractivity contribution in [1.29, 1.82) is 0 Å². The lowest BCUT2D eigenvalue weighted by Crippen LogP contribution is -1.81. The number of hydrogen-bond acceptors (Lipinski definition) is 1. The first kappa shape index (κ1) is 36.6. The maximum Gasteiger partial charge on any atom is 0.692 e. The van der Waals surface area contributed by atoms with Crippen LogP contribution in [0.1, 0.15) is 182 Å². The fourth-order valence-corrected chi connectivity index (χ4v) is 3.83. The van der Waals surface area contributed by atoms with Crippen LogP contribution in [0.2, 0.25) is 0 Å². The van der Waals surface area contributed by atoms with Gasteiger partial charge in [0.2, 0.25) is 0 Å². The molecule has 0 atom stereocenters. The van der Waals surface area contributed by atoms with Gasteiger partial charge < -0.3 is 0 Å². The molecule has 196 valence electrons. The molecule has 0 aliphatic carbocycles. The predicted molar refractivity (Wildman–Crippen MR) is 146 cm³/mol. The molecule has 0 bridgehead atoms. The minimum absolute atomic E-state index is 1.37. The van der Waals surface area contributed by atoms with Gasteiger partial charge in [-0.15, -0.1) is 9.79 Å². The molecule has 0 rings (SSSR count). The fraction of sp³-hybridized carbons (Fsp3) is 1.00. The van der Waals surface area contributed by atoms with Crippen molar-refractivity contribution in [1.82, 2.24) is 0 Å². The highest BCUT2D eigenvalue weighted by molar-refractivity contribution is 7.30. The van der Waals surface area contributed by atoms with E-state index < -0.39 is 8.25 Å². The molecule has 0 unspecified atom stereocenters. The van der Waals surface area contributed by atoms with Crippen LogP contribution in [-0.2, 0) is 4.57 Å². The number of rotatable bonds is 22. The van der Waals surface area contributed by atoms with E-state index in [0.29, 0.717) is 0 Å². The van der Waals surface area contributed by atoms with Gasteiger partial charge in [0.05, 0.1) is 0 Å². The summed E-state index contributed by atoms with van der Waals surface area (Å²) in [6, 6.07) is 0. The molecule has 32 heavy (non-hydrogen) atoms. The molecule has 0 aliphatic rings. The fourth-order valence-electron chi connectivity index (χ4n) is 3.83. The third-order valence-corrected chi connectivity index (χ3v) is 5.91. The molecule has 0 aromatic carbocycles. The van der Waals surface area contributed by atoms with Crippen molar-refractivity contribution in [3.05, 3.63) is 0 Å². The van der Waals surface area contributed by atoms with E-state index in [4.69, 9.17) is 14.4 Å². The summed E-state index contributed by atoms with van der Waals surface area (Å²) in [5.74, 6) is 0. The summed E-state index contributed by atoms with van der Waals surface area (Å²) in [6.07, 6.45) is 34.9. The van der Waals surface area contributed by atoms with Crippen LogP contribution in [-0.4, -0.2) is 9.79 Å². The second-order valence-electron chi connectivity index (χ2n) is 9.32. The molecule has 0 radical (unpaired) electrons. The third kappa shape index (κ3) is 52.1. The van der Waals surface area contributed by atoms with Crippen LogP contribution >= 0.6 is 8.25 Å². The van der Waals surface area contributed by atoms with Crippen molar-refractivity contribution in [2.75, 3.05) is 0 Å². The quantitative estimate of drug-likeness (QED) is 0.120. The Bertz CT molecular complexity index is 259. The molecule has 4 heteroatoms. The average Bonchev–Trinajstić information content (AvgIpc) is 2.76. The van der Waals surface area contributed by atoms with Crippen LogP contribution < -0.4 is 0 Å². The first-order valence-corrected chi connectivity index (χ1v) is 15.6. The zero-order valence-corrected chi connectivity index (χ0v) is 23.6. The van der Waals surface area contributed by atoms with Crippen LogP contribution in [0.25, 0.3) is 0 Å². The van der Waals surface area contributed by atoms with Gasteiger partial charge in [0, 0.05) is 4.57 Å². The van der Waals surface area contributed by atoms with Gasteiger partial charge in [0.25, 0.3) is 0 Å². The summed E-state index contributed by atoms with van der Waals surface area (Å²) in [5, 5.41) is 0. The second-order valence-corrected chi connectivity index (χ2v) is 9.83. The van der Waals surface area contributed by atoms with Crippen molar-refractivity contribution in [2.45, 2.75) is 182 Å². The van der Waals surface area contributed by atoms with Crippen LogP contribution in [0.4, 0.5) is 0 Å². The zero-order valence-electron chi connectivity index (χ0n) is 22.7. The van der Waals surface area contributed by atoms with Gasteiger partial charge in [-0.2, -0.15) is 0 Å². The Balaban J connectivity index is -0.000000450. The molecule has 2 N–H and O–H groups in total. The Morgan fingerprint density at radius 1 is 0.344 bits per heavy atom. The van der Waals surface area contributed by atoms with E-state index in [1.54, 1.807) is 0 Å². The predicted octanol–water partition coefficient (Wildman–Crippen LogP) is 11.0. The molecule has 3 nitrogen and oxygen atoms in total. The zero-order chi connectivity index (χ0) is 24.5. The lowest BCUT2D eigenvalue weighted by atomic mass is 10.1. The van der Waals surface area contributed by atoms with Gasteiger partial charge in [-0.05, 0) is 0 Å². The largest absolute Gasteiger partial charge is 0.692 e. The normalized spacial score (nSPS) is 10.2. The van der Waals surface area contributed by atoms with Gasteiger partial charge >= 0.3 is 8.25 Å². The van der Waals surface area contributed by atoms with Gasteiger partial charge in [-0.25, -0.2) is 0 Å². The summed E-state index contributed by atoms with van der Waals surface area (Å²) in [6.45, 7) is 9.14. The highest BCUT2D eigenvalue weighted by Gasteiger charge is 1.93. The SMILES string of the molecule is CCCCCCCCCCCCCC.CCCCCCCCCCCCCC.O=[P+](O)O. The van der Waals surface area contributed by atoms with Gasteiger partial charge in [-0.3, -0.25) is 0 Å². The highest BCUT2D eigenvalue weighted by Crippen LogP contribution is 2.12. The molecule has 0 amide bonds. The Hall–Kier alpha value is 0.0200. The first-order valence-electron chi connectivity index (χ1n) is 14.4. The Labute approximate surface area is 204 Å². The molecule has 0 spiro atoms. The number of unbranched alkanes of at least 4 members (excludes halogenated alkanes) is 22. The van der Waals surface area contributed by atoms with Crippen LogP contribution in [0.5, 0.6) is 0 Å². The lowest BCUT2D eigenvalue weighted by molar-refractivity contribution is 0.405. The van der Waals surface area contributed by atoms with Gasteiger partial charge in [0.1, 0.15) is 0 Å². The molecule has 0 fully saturated rings. The van der Waals surface area contributed by atoms with E-state index in [2.05, 4.69) is 27.7 Å². The van der Waals surface area contributed by atoms with Crippen LogP contribution in [0.3, 0.4) is 0 Å². The standard InChI is InChI=1S/2C14H30.HO3P/c2*1-3-5-7-9-11-13-14-12-10-8-6-4-2;1-4(2)3/h2*3-14H2,1-2H3;(H-,1,2,3)/p+1. The van der Waals surface area contributed by atoms with Crippen LogP contribution in [0.15, 0.2) is 0 Å². The minimum atomic E-state index is -2.87. The minimum Gasteiger partial charge on any atom is -0.134 e. The van der Waals surface area contributed by atoms with Crippen LogP contribution in [0, 0.1) is 0 Å². The number of hydrogen-bond donors (Lipinski definition) is 2. The Morgan fingerprint density at radius 3 is 0.531 bits per heavy atom. The van der Waals surface area contributed by atoms with E-state index in [0.717, 1.165) is 0 Å². The maximum absolute atomic E-state index is 8.70. The van der Waals surface area contributed by atoms with Gasteiger partial charge in [-0.1, -0.05) is 182 Å². The molecule has 0 aliphatic heterocycles. The Kier molecular flexibility index (Phi) is 43.8. The summed E-state index contributed by atoms with van der Waals surface area (Å²) in [5.41, 5.74) is 0. The van der Waals surface area contributed by atoms with Crippen molar-refractivity contribution in [3.63, 3.8) is 0 Å². The highest BCUT2D eigenvalue weighted by atomic mass is 31.1. The molecular formula is C28H62O3P+. The topological polar surface area (TPSA) is 57.5 Å². The lowest BCUT2D eigenvalue weighted by Gasteiger charge is -2.01. The van der Waals surface area contributed by atoms with E-state index in [1.807, 2.05) is 0 Å². The Morgan fingerprint density at radius 2 is 0.438 bits per heavy atom. The van der Waals surface area contributed by atoms with Gasteiger partial charge in [0.15, 0.2) is 0 Å². The van der Waals surface area contributed by atoms with E-state index >= 15 is 0 Å². The smallest absolute Gasteiger partial charge is 0.134 e. The van der Waals surface area contributed by atoms with Crippen molar-refractivity contribution in [2.24, 2.45) is 0 Å². The van der Waals surface area contributed by atoms with Crippen molar-refractivity contribution < 1.29 is 14.4 Å². The molecular weight excluding hydrogens is 415 g/mol. The molecule has 0 saturated carbocycles. The molecule has 0 aromatic rings.